The van der Waals surface area contributed by atoms with Gasteiger partial charge in [0.15, 0.2) is 5.16 Å². The normalized spacial score (nSPS) is 11.5. The van der Waals surface area contributed by atoms with E-state index in [0.717, 1.165) is 21.8 Å². The van der Waals surface area contributed by atoms with Crippen molar-refractivity contribution < 1.29 is 4.79 Å². The van der Waals surface area contributed by atoms with E-state index in [0.29, 0.717) is 0 Å². The summed E-state index contributed by atoms with van der Waals surface area (Å²) in [6.07, 6.45) is 5.25. The van der Waals surface area contributed by atoms with Crippen LogP contribution < -0.4 is 5.43 Å². The number of carbonyl (C=O) groups excluding carboxylic acids is 1. The maximum absolute atomic E-state index is 11.8. The van der Waals surface area contributed by atoms with Gasteiger partial charge in [0.2, 0.25) is 0 Å². The molecule has 120 valence electrons. The van der Waals surface area contributed by atoms with Gasteiger partial charge < -0.3 is 4.98 Å². The van der Waals surface area contributed by atoms with Gasteiger partial charge >= 0.3 is 0 Å². The number of hydrazone groups is 1. The van der Waals surface area contributed by atoms with E-state index >= 15 is 0 Å². The van der Waals surface area contributed by atoms with E-state index in [-0.39, 0.29) is 11.7 Å². The van der Waals surface area contributed by atoms with E-state index in [1.54, 1.807) is 12.3 Å². The largest absolute Gasteiger partial charge is 0.333 e. The third-order valence-electron chi connectivity index (χ3n) is 3.15. The fourth-order valence-electron chi connectivity index (χ4n) is 2.03. The van der Waals surface area contributed by atoms with Crippen LogP contribution in [0.3, 0.4) is 0 Å². The first-order chi connectivity index (χ1) is 11.8. The van der Waals surface area contributed by atoms with Crippen molar-refractivity contribution >= 4 is 41.0 Å². The molecule has 3 aromatic rings. The number of amides is 1. The summed E-state index contributed by atoms with van der Waals surface area (Å²) in [6, 6.07) is 17.6. The minimum Gasteiger partial charge on any atom is -0.333 e. The topological polar surface area (TPSA) is 70.1 Å². The smallest absolute Gasteiger partial charge is 0.250 e. The summed E-state index contributed by atoms with van der Waals surface area (Å²) >= 11 is 1.34. The average Bonchev–Trinajstić information content (AvgIpc) is 3.03. The summed E-state index contributed by atoms with van der Waals surface area (Å²) in [5, 5.41) is 4.61. The Labute approximate surface area is 143 Å². The first-order valence-corrected chi connectivity index (χ1v) is 8.41. The number of allylic oxidation sites excluding steroid dienone is 1. The number of hydrogen-bond acceptors (Lipinski definition) is 4. The van der Waals surface area contributed by atoms with Crippen molar-refractivity contribution in [2.24, 2.45) is 5.10 Å². The van der Waals surface area contributed by atoms with Crippen LogP contribution in [0, 0.1) is 0 Å². The molecule has 2 aromatic carbocycles. The lowest BCUT2D eigenvalue weighted by Crippen LogP contribution is -2.19. The number of carbonyl (C=O) groups is 1. The second-order valence-corrected chi connectivity index (χ2v) is 5.89. The molecule has 0 aliphatic rings. The summed E-state index contributed by atoms with van der Waals surface area (Å²) < 4.78 is 0. The predicted octanol–water partition coefficient (Wildman–Crippen LogP) is 3.47. The van der Waals surface area contributed by atoms with E-state index < -0.39 is 0 Å². The number of nitrogens with one attached hydrogen (secondary N) is 2. The van der Waals surface area contributed by atoms with Crippen LogP contribution in [0.5, 0.6) is 0 Å². The zero-order valence-corrected chi connectivity index (χ0v) is 13.7. The average molecular weight is 336 g/mol. The first kappa shape index (κ1) is 16.0. The Morgan fingerprint density at radius 3 is 2.79 bits per heavy atom. The third-order valence-corrected chi connectivity index (χ3v) is 4.02. The van der Waals surface area contributed by atoms with Gasteiger partial charge in [-0.05, 0) is 23.8 Å². The van der Waals surface area contributed by atoms with Crippen molar-refractivity contribution in [2.75, 3.05) is 5.75 Å². The van der Waals surface area contributed by atoms with Gasteiger partial charge in [0.1, 0.15) is 0 Å². The van der Waals surface area contributed by atoms with E-state index in [1.807, 2.05) is 60.7 Å². The van der Waals surface area contributed by atoms with Crippen molar-refractivity contribution in [2.45, 2.75) is 5.16 Å². The van der Waals surface area contributed by atoms with Crippen LogP contribution in [0.15, 0.2) is 70.9 Å². The molecular formula is C18H16N4OS. The number of hydrogen-bond donors (Lipinski definition) is 2. The molecule has 0 saturated heterocycles. The van der Waals surface area contributed by atoms with Gasteiger partial charge in [-0.15, -0.1) is 0 Å². The summed E-state index contributed by atoms with van der Waals surface area (Å²) in [6.45, 7) is 0. The minimum atomic E-state index is -0.176. The van der Waals surface area contributed by atoms with Crippen LogP contribution in [-0.4, -0.2) is 27.8 Å². The zero-order valence-electron chi connectivity index (χ0n) is 12.8. The number of fused-ring (bicyclic) bond motifs is 1. The molecular weight excluding hydrogens is 320 g/mol. The minimum absolute atomic E-state index is 0.176. The molecule has 0 radical (unpaired) electrons. The number of imidazole rings is 1. The third kappa shape index (κ3) is 4.57. The van der Waals surface area contributed by atoms with Crippen molar-refractivity contribution in [1.29, 1.82) is 0 Å². The van der Waals surface area contributed by atoms with Crippen LogP contribution in [0.25, 0.3) is 17.1 Å². The molecule has 2 N–H and O–H groups in total. The van der Waals surface area contributed by atoms with Gasteiger partial charge in [-0.25, -0.2) is 10.4 Å². The maximum atomic E-state index is 11.8. The van der Waals surface area contributed by atoms with Gasteiger partial charge in [-0.2, -0.15) is 5.10 Å². The van der Waals surface area contributed by atoms with Crippen LogP contribution in [-0.2, 0) is 4.79 Å². The maximum Gasteiger partial charge on any atom is 0.250 e. The van der Waals surface area contributed by atoms with E-state index in [4.69, 9.17) is 0 Å². The number of H-pyrrole nitrogens is 1. The van der Waals surface area contributed by atoms with E-state index in [9.17, 15) is 4.79 Å². The van der Waals surface area contributed by atoms with E-state index in [2.05, 4.69) is 20.5 Å². The molecule has 0 saturated carbocycles. The Balaban J connectivity index is 1.44. The molecule has 5 nitrogen and oxygen atoms in total. The molecule has 1 amide bonds. The molecule has 0 spiro atoms. The molecule has 0 fully saturated rings. The lowest BCUT2D eigenvalue weighted by molar-refractivity contribution is -0.118. The standard InChI is InChI=1S/C18H16N4OS/c23-17(22-19-12-6-9-14-7-2-1-3-8-14)13-24-18-20-15-10-4-5-11-16(15)21-18/h1-12H,13H2,(H,20,21)(H,22,23). The van der Waals surface area contributed by atoms with Gasteiger partial charge in [-0.1, -0.05) is 60.3 Å². The summed E-state index contributed by atoms with van der Waals surface area (Å²) in [7, 11) is 0. The predicted molar refractivity (Wildman–Crippen MR) is 98.9 cm³/mol. The monoisotopic (exact) mass is 336 g/mol. The lowest BCUT2D eigenvalue weighted by Gasteiger charge is -1.96. The van der Waals surface area contributed by atoms with Gasteiger partial charge in [0, 0.05) is 6.21 Å². The molecule has 1 heterocycles. The zero-order chi connectivity index (χ0) is 16.6. The Kier molecular flexibility index (Phi) is 5.42. The highest BCUT2D eigenvalue weighted by atomic mass is 32.2. The van der Waals surface area contributed by atoms with Crippen molar-refractivity contribution in [3.05, 3.63) is 66.2 Å². The molecule has 0 atom stereocenters. The number of benzene rings is 2. The number of para-hydroxylation sites is 2. The second-order valence-electron chi connectivity index (χ2n) is 4.93. The van der Waals surface area contributed by atoms with Gasteiger partial charge in [-0.3, -0.25) is 4.79 Å². The summed E-state index contributed by atoms with van der Waals surface area (Å²) in [5.41, 5.74) is 5.42. The highest BCUT2D eigenvalue weighted by Crippen LogP contribution is 2.18. The molecule has 24 heavy (non-hydrogen) atoms. The summed E-state index contributed by atoms with van der Waals surface area (Å²) in [4.78, 5) is 19.3. The second kappa shape index (κ2) is 8.12. The highest BCUT2D eigenvalue weighted by Gasteiger charge is 2.05. The first-order valence-electron chi connectivity index (χ1n) is 7.42. The van der Waals surface area contributed by atoms with Crippen LogP contribution >= 0.6 is 11.8 Å². The highest BCUT2D eigenvalue weighted by molar-refractivity contribution is 7.99. The fraction of sp³-hybridized carbons (Fsp3) is 0.0556. The van der Waals surface area contributed by atoms with Crippen molar-refractivity contribution in [1.82, 2.24) is 15.4 Å². The Morgan fingerprint density at radius 2 is 1.96 bits per heavy atom. The molecule has 0 aliphatic carbocycles. The summed E-state index contributed by atoms with van der Waals surface area (Å²) in [5.74, 6) is 0.0735. The SMILES string of the molecule is O=C(CSc1nc2ccccc2[nH]1)NN=CC=Cc1ccccc1. The van der Waals surface area contributed by atoms with Gasteiger partial charge in [0.25, 0.3) is 5.91 Å². The van der Waals surface area contributed by atoms with Crippen LogP contribution in [0.4, 0.5) is 0 Å². The quantitative estimate of drug-likeness (QED) is 0.411. The number of aromatic nitrogens is 2. The molecule has 0 unspecified atom stereocenters. The van der Waals surface area contributed by atoms with Crippen LogP contribution in [0.1, 0.15) is 5.56 Å². The van der Waals surface area contributed by atoms with Crippen LogP contribution in [0.2, 0.25) is 0 Å². The Bertz CT molecular complexity index is 838. The van der Waals surface area contributed by atoms with Gasteiger partial charge in [0.05, 0.1) is 16.8 Å². The molecule has 0 bridgehead atoms. The van der Waals surface area contributed by atoms with Crippen molar-refractivity contribution in [3.8, 4) is 0 Å². The fourth-order valence-corrected chi connectivity index (χ4v) is 2.71. The Hall–Kier alpha value is -2.86. The number of thioether (sulfide) groups is 1. The van der Waals surface area contributed by atoms with Crippen molar-refractivity contribution in [3.63, 3.8) is 0 Å². The number of nitrogens with zero attached hydrogens (tertiary/aromatic N) is 2. The van der Waals surface area contributed by atoms with E-state index in [1.165, 1.54) is 11.8 Å². The molecule has 0 aliphatic heterocycles. The number of rotatable bonds is 6. The molecule has 6 heteroatoms. The Morgan fingerprint density at radius 1 is 1.17 bits per heavy atom. The molecule has 3 rings (SSSR count). The molecule has 1 aromatic heterocycles. The number of aromatic amines is 1. The lowest BCUT2D eigenvalue weighted by atomic mass is 10.2.